The molecule has 0 bridgehead atoms. The van der Waals surface area contributed by atoms with Crippen LogP contribution in [0.1, 0.15) is 11.1 Å². The Bertz CT molecular complexity index is 729. The largest absolute Gasteiger partial charge is 0.497 e. The fraction of sp³-hybridized carbons (Fsp3) is 0.0667. The standard InChI is InChI=1S/C15H10FN3O/c1-20-13-4-2-10(8-17)15(7-13)19-14-5-3-12(16)6-11(14)9-18/h2-7,19H,1H3. The lowest BCUT2D eigenvalue weighted by Gasteiger charge is -2.11. The Kier molecular flexibility index (Phi) is 3.83. The third kappa shape index (κ3) is 2.68. The minimum absolute atomic E-state index is 0.164. The average Bonchev–Trinajstić information content (AvgIpc) is 2.48. The topological polar surface area (TPSA) is 68.8 Å². The molecule has 0 amide bonds. The Hall–Kier alpha value is -3.05. The fourth-order valence-electron chi connectivity index (χ4n) is 1.71. The van der Waals surface area contributed by atoms with Crippen LogP contribution in [0.3, 0.4) is 0 Å². The molecule has 0 radical (unpaired) electrons. The molecule has 1 N–H and O–H groups in total. The number of nitrogens with zero attached hydrogens (tertiary/aromatic N) is 2. The van der Waals surface area contributed by atoms with Crippen molar-refractivity contribution in [1.29, 1.82) is 10.5 Å². The first-order valence-corrected chi connectivity index (χ1v) is 5.72. The van der Waals surface area contributed by atoms with E-state index in [4.69, 9.17) is 15.3 Å². The molecule has 20 heavy (non-hydrogen) atoms. The Labute approximate surface area is 115 Å². The number of hydrogen-bond donors (Lipinski definition) is 1. The first-order valence-electron chi connectivity index (χ1n) is 5.72. The molecule has 0 aliphatic carbocycles. The molecule has 0 aliphatic heterocycles. The van der Waals surface area contributed by atoms with E-state index in [2.05, 4.69) is 5.32 Å². The van der Waals surface area contributed by atoms with Crippen LogP contribution >= 0.6 is 0 Å². The van der Waals surface area contributed by atoms with Crippen LogP contribution in [0.15, 0.2) is 36.4 Å². The minimum atomic E-state index is -0.488. The molecule has 2 aromatic carbocycles. The summed E-state index contributed by atoms with van der Waals surface area (Å²) in [7, 11) is 1.52. The lowest BCUT2D eigenvalue weighted by Crippen LogP contribution is -1.97. The average molecular weight is 267 g/mol. The Morgan fingerprint density at radius 1 is 1.00 bits per heavy atom. The quantitative estimate of drug-likeness (QED) is 0.926. The summed E-state index contributed by atoms with van der Waals surface area (Å²) in [5, 5.41) is 21.0. The Morgan fingerprint density at radius 2 is 1.75 bits per heavy atom. The zero-order valence-electron chi connectivity index (χ0n) is 10.6. The minimum Gasteiger partial charge on any atom is -0.497 e. The van der Waals surface area contributed by atoms with E-state index >= 15 is 0 Å². The summed E-state index contributed by atoms with van der Waals surface area (Å²) in [6.45, 7) is 0. The van der Waals surface area contributed by atoms with Crippen LogP contribution < -0.4 is 10.1 Å². The van der Waals surface area contributed by atoms with Crippen molar-refractivity contribution in [2.24, 2.45) is 0 Å². The van der Waals surface area contributed by atoms with E-state index in [1.807, 2.05) is 12.1 Å². The van der Waals surface area contributed by atoms with Crippen molar-refractivity contribution in [2.45, 2.75) is 0 Å². The van der Waals surface area contributed by atoms with E-state index in [-0.39, 0.29) is 5.56 Å². The first kappa shape index (κ1) is 13.4. The summed E-state index contributed by atoms with van der Waals surface area (Å²) in [6, 6.07) is 12.7. The predicted molar refractivity (Wildman–Crippen MR) is 72.1 cm³/mol. The number of nitriles is 2. The molecule has 0 saturated heterocycles. The van der Waals surface area contributed by atoms with Crippen molar-refractivity contribution < 1.29 is 9.13 Å². The number of hydrogen-bond acceptors (Lipinski definition) is 4. The van der Waals surface area contributed by atoms with Crippen LogP contribution in [0.5, 0.6) is 5.75 Å². The molecule has 0 aromatic heterocycles. The Morgan fingerprint density at radius 3 is 2.40 bits per heavy atom. The van der Waals surface area contributed by atoms with E-state index < -0.39 is 5.82 Å². The third-order valence-corrected chi connectivity index (χ3v) is 2.72. The molecule has 98 valence electrons. The summed E-state index contributed by atoms with van der Waals surface area (Å²) < 4.78 is 18.2. The second-order valence-corrected chi connectivity index (χ2v) is 3.95. The third-order valence-electron chi connectivity index (χ3n) is 2.72. The van der Waals surface area contributed by atoms with Crippen molar-refractivity contribution in [3.8, 4) is 17.9 Å². The Balaban J connectivity index is 2.45. The summed E-state index contributed by atoms with van der Waals surface area (Å²) in [5.74, 6) is 0.0883. The summed E-state index contributed by atoms with van der Waals surface area (Å²) in [4.78, 5) is 0. The molecule has 0 spiro atoms. The van der Waals surface area contributed by atoms with Crippen molar-refractivity contribution in [1.82, 2.24) is 0 Å². The summed E-state index contributed by atoms with van der Waals surface area (Å²) in [6.07, 6.45) is 0. The van der Waals surface area contributed by atoms with E-state index in [0.29, 0.717) is 22.7 Å². The lowest BCUT2D eigenvalue weighted by atomic mass is 10.1. The lowest BCUT2D eigenvalue weighted by molar-refractivity contribution is 0.415. The number of halogens is 1. The summed E-state index contributed by atoms with van der Waals surface area (Å²) >= 11 is 0. The second kappa shape index (κ2) is 5.73. The molecule has 4 nitrogen and oxygen atoms in total. The maximum absolute atomic E-state index is 13.1. The van der Waals surface area contributed by atoms with Gasteiger partial charge in [-0.25, -0.2) is 4.39 Å². The molecule has 0 fully saturated rings. The normalized spacial score (nSPS) is 9.40. The molecule has 0 aliphatic rings. The number of anilines is 2. The molecule has 0 heterocycles. The second-order valence-electron chi connectivity index (χ2n) is 3.95. The molecule has 2 aromatic rings. The number of methoxy groups -OCH3 is 1. The molecule has 0 saturated carbocycles. The van der Waals surface area contributed by atoms with Crippen LogP contribution in [0.25, 0.3) is 0 Å². The maximum atomic E-state index is 13.1. The van der Waals surface area contributed by atoms with Crippen LogP contribution in [0.4, 0.5) is 15.8 Å². The van der Waals surface area contributed by atoms with Gasteiger partial charge in [0, 0.05) is 6.07 Å². The van der Waals surface area contributed by atoms with Gasteiger partial charge in [0.25, 0.3) is 0 Å². The zero-order valence-corrected chi connectivity index (χ0v) is 10.6. The summed E-state index contributed by atoms with van der Waals surface area (Å²) in [5.41, 5.74) is 1.49. The first-order chi connectivity index (χ1) is 9.67. The highest BCUT2D eigenvalue weighted by Crippen LogP contribution is 2.27. The molecule has 0 atom stereocenters. The van der Waals surface area contributed by atoms with Crippen molar-refractivity contribution >= 4 is 11.4 Å². The molecular weight excluding hydrogens is 257 g/mol. The van der Waals surface area contributed by atoms with Crippen molar-refractivity contribution in [3.05, 3.63) is 53.3 Å². The highest BCUT2D eigenvalue weighted by molar-refractivity contribution is 5.71. The maximum Gasteiger partial charge on any atom is 0.124 e. The van der Waals surface area contributed by atoms with Gasteiger partial charge in [-0.3, -0.25) is 0 Å². The monoisotopic (exact) mass is 267 g/mol. The van der Waals surface area contributed by atoms with Crippen LogP contribution in [-0.4, -0.2) is 7.11 Å². The van der Waals surface area contributed by atoms with Gasteiger partial charge in [0.15, 0.2) is 0 Å². The van der Waals surface area contributed by atoms with Crippen LogP contribution in [0.2, 0.25) is 0 Å². The number of benzene rings is 2. The van der Waals surface area contributed by atoms with Crippen molar-refractivity contribution in [3.63, 3.8) is 0 Å². The molecule has 5 heteroatoms. The fourth-order valence-corrected chi connectivity index (χ4v) is 1.71. The van der Waals surface area contributed by atoms with Gasteiger partial charge in [0.2, 0.25) is 0 Å². The SMILES string of the molecule is COc1ccc(C#N)c(Nc2ccc(F)cc2C#N)c1. The van der Waals surface area contributed by atoms with Gasteiger partial charge >= 0.3 is 0 Å². The van der Waals surface area contributed by atoms with E-state index in [0.717, 1.165) is 6.07 Å². The smallest absolute Gasteiger partial charge is 0.124 e. The number of nitrogens with one attached hydrogen (secondary N) is 1. The zero-order chi connectivity index (χ0) is 14.5. The number of rotatable bonds is 3. The van der Waals surface area contributed by atoms with E-state index in [1.54, 1.807) is 18.2 Å². The van der Waals surface area contributed by atoms with Gasteiger partial charge in [-0.2, -0.15) is 10.5 Å². The molecule has 0 unspecified atom stereocenters. The van der Waals surface area contributed by atoms with E-state index in [9.17, 15) is 4.39 Å². The van der Waals surface area contributed by atoms with Crippen LogP contribution in [-0.2, 0) is 0 Å². The van der Waals surface area contributed by atoms with E-state index in [1.165, 1.54) is 19.2 Å². The molecular formula is C15H10FN3O. The van der Waals surface area contributed by atoms with Gasteiger partial charge in [0.05, 0.1) is 29.6 Å². The van der Waals surface area contributed by atoms with Gasteiger partial charge in [-0.15, -0.1) is 0 Å². The highest BCUT2D eigenvalue weighted by Gasteiger charge is 2.08. The van der Waals surface area contributed by atoms with Crippen molar-refractivity contribution in [2.75, 3.05) is 12.4 Å². The number of ether oxygens (including phenoxy) is 1. The van der Waals surface area contributed by atoms with Gasteiger partial charge in [-0.1, -0.05) is 0 Å². The predicted octanol–water partition coefficient (Wildman–Crippen LogP) is 3.32. The van der Waals surface area contributed by atoms with Gasteiger partial charge in [0.1, 0.15) is 23.7 Å². The molecule has 2 rings (SSSR count). The highest BCUT2D eigenvalue weighted by atomic mass is 19.1. The van der Waals surface area contributed by atoms with Gasteiger partial charge in [-0.05, 0) is 30.3 Å². The van der Waals surface area contributed by atoms with Crippen LogP contribution in [0, 0.1) is 28.5 Å². The van der Waals surface area contributed by atoms with Gasteiger partial charge < -0.3 is 10.1 Å².